The van der Waals surface area contributed by atoms with Crippen molar-refractivity contribution < 1.29 is 9.59 Å². The number of carbonyl (C=O) groups is 2. The number of aromatic nitrogens is 3. The van der Waals surface area contributed by atoms with E-state index in [1.807, 2.05) is 24.3 Å². The standard InChI is InChI=1S/C29H34N6O2S/c1-16-22(15-31-35-16)26(36)32-21-7-5-6-17(12-21)24(14-30)33-27(37)25-13-19-10-18-11-20(29(2,3)4)8-9-23(18)34-28(19)38-25/h5-7,10,12-13,15,20,24H,8-9,11,14,30H2,1-4H3,(H,31,35)(H,32,36)(H,33,37)/t20-,24-/m1/s1. The van der Waals surface area contributed by atoms with E-state index in [0.29, 0.717) is 27.7 Å². The molecule has 2 amide bonds. The Morgan fingerprint density at radius 3 is 2.74 bits per heavy atom. The normalized spacial score (nSPS) is 16.2. The monoisotopic (exact) mass is 530 g/mol. The zero-order valence-corrected chi connectivity index (χ0v) is 23.0. The number of aryl methyl sites for hydroxylation is 2. The SMILES string of the molecule is Cc1[nH]ncc1C(=O)Nc1cccc([C@@H](CN)NC(=O)c2cc3cc4c(nc3s2)CC[C@@H](C(C)(C)C)C4)c1. The first-order chi connectivity index (χ1) is 18.1. The van der Waals surface area contributed by atoms with Crippen molar-refractivity contribution in [1.29, 1.82) is 0 Å². The molecule has 0 saturated heterocycles. The maximum atomic E-state index is 13.3. The van der Waals surface area contributed by atoms with Crippen LogP contribution >= 0.6 is 11.3 Å². The van der Waals surface area contributed by atoms with E-state index in [9.17, 15) is 9.59 Å². The van der Waals surface area contributed by atoms with Crippen LogP contribution in [0.5, 0.6) is 0 Å². The smallest absolute Gasteiger partial charge is 0.261 e. The van der Waals surface area contributed by atoms with E-state index in [-0.39, 0.29) is 23.8 Å². The molecule has 5 N–H and O–H groups in total. The topological polar surface area (TPSA) is 126 Å². The molecule has 3 heterocycles. The predicted molar refractivity (Wildman–Crippen MR) is 152 cm³/mol. The molecule has 0 radical (unpaired) electrons. The van der Waals surface area contributed by atoms with Crippen LogP contribution in [-0.4, -0.2) is 33.5 Å². The van der Waals surface area contributed by atoms with E-state index in [0.717, 1.165) is 40.7 Å². The maximum absolute atomic E-state index is 13.3. The number of hydrogen-bond donors (Lipinski definition) is 4. The van der Waals surface area contributed by atoms with Crippen molar-refractivity contribution in [3.8, 4) is 0 Å². The number of carbonyl (C=O) groups excluding carboxylic acids is 2. The summed E-state index contributed by atoms with van der Waals surface area (Å²) in [6.45, 7) is 8.92. The van der Waals surface area contributed by atoms with Crippen LogP contribution in [0, 0.1) is 18.3 Å². The van der Waals surface area contributed by atoms with Crippen molar-refractivity contribution >= 4 is 39.1 Å². The molecule has 1 aliphatic rings. The number of fused-ring (bicyclic) bond motifs is 2. The minimum atomic E-state index is -0.408. The number of nitrogens with one attached hydrogen (secondary N) is 3. The van der Waals surface area contributed by atoms with E-state index in [1.165, 1.54) is 23.1 Å². The highest BCUT2D eigenvalue weighted by Crippen LogP contribution is 2.38. The van der Waals surface area contributed by atoms with Gasteiger partial charge in [-0.3, -0.25) is 14.7 Å². The third-order valence-corrected chi connectivity index (χ3v) is 8.53. The second-order valence-electron chi connectivity index (χ2n) is 11.2. The summed E-state index contributed by atoms with van der Waals surface area (Å²) >= 11 is 1.41. The zero-order chi connectivity index (χ0) is 27.0. The van der Waals surface area contributed by atoms with Gasteiger partial charge in [-0.25, -0.2) is 4.98 Å². The zero-order valence-electron chi connectivity index (χ0n) is 22.2. The Morgan fingerprint density at radius 2 is 2.03 bits per heavy atom. The minimum Gasteiger partial charge on any atom is -0.343 e. The van der Waals surface area contributed by atoms with E-state index >= 15 is 0 Å². The Bertz CT molecular complexity index is 1500. The molecule has 0 spiro atoms. The number of hydrogen-bond acceptors (Lipinski definition) is 6. The molecule has 198 valence electrons. The molecule has 0 saturated carbocycles. The summed E-state index contributed by atoms with van der Waals surface area (Å²) in [6, 6.07) is 11.1. The number of nitrogens with zero attached hydrogens (tertiary/aromatic N) is 2. The van der Waals surface area contributed by atoms with Crippen LogP contribution < -0.4 is 16.4 Å². The molecular weight excluding hydrogens is 496 g/mol. The van der Waals surface area contributed by atoms with E-state index in [1.54, 1.807) is 13.0 Å². The van der Waals surface area contributed by atoms with Gasteiger partial charge in [0.15, 0.2) is 0 Å². The number of nitrogens with two attached hydrogens (primary N) is 1. The van der Waals surface area contributed by atoms with Crippen LogP contribution in [0.25, 0.3) is 10.2 Å². The number of benzene rings is 1. The maximum Gasteiger partial charge on any atom is 0.261 e. The summed E-state index contributed by atoms with van der Waals surface area (Å²) < 4.78 is 0. The third-order valence-electron chi connectivity index (χ3n) is 7.48. The van der Waals surface area contributed by atoms with Crippen molar-refractivity contribution in [2.75, 3.05) is 11.9 Å². The molecule has 3 aromatic heterocycles. The quantitative estimate of drug-likeness (QED) is 0.274. The van der Waals surface area contributed by atoms with E-state index in [2.05, 4.69) is 47.7 Å². The Hall–Kier alpha value is -3.56. The van der Waals surface area contributed by atoms with Gasteiger partial charge in [0.2, 0.25) is 0 Å². The largest absolute Gasteiger partial charge is 0.343 e. The van der Waals surface area contributed by atoms with Crippen LogP contribution in [0.15, 0.2) is 42.6 Å². The predicted octanol–water partition coefficient (Wildman–Crippen LogP) is 5.16. The number of rotatable bonds is 6. The van der Waals surface area contributed by atoms with Gasteiger partial charge in [-0.15, -0.1) is 11.3 Å². The van der Waals surface area contributed by atoms with Gasteiger partial charge in [0, 0.05) is 29.0 Å². The van der Waals surface area contributed by atoms with Gasteiger partial charge in [-0.05, 0) is 72.9 Å². The summed E-state index contributed by atoms with van der Waals surface area (Å²) in [5, 5.41) is 13.6. The molecule has 4 aromatic rings. The highest BCUT2D eigenvalue weighted by Gasteiger charge is 2.30. The third kappa shape index (κ3) is 5.35. The van der Waals surface area contributed by atoms with Gasteiger partial charge in [0.25, 0.3) is 11.8 Å². The number of H-pyrrole nitrogens is 1. The molecule has 1 aliphatic carbocycles. The summed E-state index contributed by atoms with van der Waals surface area (Å²) in [5.74, 6) is 0.193. The van der Waals surface area contributed by atoms with Gasteiger partial charge in [-0.1, -0.05) is 32.9 Å². The van der Waals surface area contributed by atoms with Crippen LogP contribution in [0.4, 0.5) is 5.69 Å². The fourth-order valence-electron chi connectivity index (χ4n) is 5.09. The number of aromatic amines is 1. The van der Waals surface area contributed by atoms with E-state index < -0.39 is 6.04 Å². The summed E-state index contributed by atoms with van der Waals surface area (Å²) in [4.78, 5) is 32.3. The highest BCUT2D eigenvalue weighted by atomic mass is 32.1. The van der Waals surface area contributed by atoms with Crippen molar-refractivity contribution in [2.24, 2.45) is 17.1 Å². The fraction of sp³-hybridized carbons (Fsp3) is 0.379. The van der Waals surface area contributed by atoms with Gasteiger partial charge >= 0.3 is 0 Å². The van der Waals surface area contributed by atoms with Crippen LogP contribution in [0.3, 0.4) is 0 Å². The van der Waals surface area contributed by atoms with Gasteiger partial charge in [0.05, 0.1) is 22.7 Å². The summed E-state index contributed by atoms with van der Waals surface area (Å²) in [5.41, 5.74) is 11.4. The van der Waals surface area contributed by atoms with Crippen LogP contribution in [0.1, 0.15) is 75.8 Å². The van der Waals surface area contributed by atoms with Crippen molar-refractivity contribution in [3.63, 3.8) is 0 Å². The summed E-state index contributed by atoms with van der Waals surface area (Å²) in [7, 11) is 0. The number of thiophene rings is 1. The van der Waals surface area contributed by atoms with Crippen LogP contribution in [0.2, 0.25) is 0 Å². The van der Waals surface area contributed by atoms with Gasteiger partial charge < -0.3 is 16.4 Å². The molecule has 2 atom stereocenters. The molecular formula is C29H34N6O2S. The lowest BCUT2D eigenvalue weighted by atomic mass is 9.71. The fourth-order valence-corrected chi connectivity index (χ4v) is 6.03. The Labute approximate surface area is 226 Å². The van der Waals surface area contributed by atoms with Crippen LogP contribution in [-0.2, 0) is 12.8 Å². The lowest BCUT2D eigenvalue weighted by Gasteiger charge is -2.34. The average Bonchev–Trinajstić information content (AvgIpc) is 3.50. The van der Waals surface area contributed by atoms with Crippen molar-refractivity contribution in [3.05, 3.63) is 75.6 Å². The van der Waals surface area contributed by atoms with E-state index in [4.69, 9.17) is 10.7 Å². The molecule has 5 rings (SSSR count). The molecule has 0 unspecified atom stereocenters. The number of pyridine rings is 1. The lowest BCUT2D eigenvalue weighted by Crippen LogP contribution is -2.33. The van der Waals surface area contributed by atoms with Crippen molar-refractivity contribution in [1.82, 2.24) is 20.5 Å². The number of amides is 2. The lowest BCUT2D eigenvalue weighted by molar-refractivity contribution is 0.0941. The molecule has 0 bridgehead atoms. The van der Waals surface area contributed by atoms with Gasteiger partial charge in [-0.2, -0.15) is 5.10 Å². The minimum absolute atomic E-state index is 0.183. The van der Waals surface area contributed by atoms with Gasteiger partial charge in [0.1, 0.15) is 4.83 Å². The first-order valence-corrected chi connectivity index (χ1v) is 13.8. The van der Waals surface area contributed by atoms with Crippen molar-refractivity contribution in [2.45, 2.75) is 53.0 Å². The number of anilines is 1. The molecule has 38 heavy (non-hydrogen) atoms. The first kappa shape index (κ1) is 26.1. The average molecular weight is 531 g/mol. The molecule has 8 nitrogen and oxygen atoms in total. The Morgan fingerprint density at radius 1 is 1.21 bits per heavy atom. The first-order valence-electron chi connectivity index (χ1n) is 13.0. The highest BCUT2D eigenvalue weighted by molar-refractivity contribution is 7.20. The second kappa shape index (κ2) is 10.3. The Kier molecular flexibility index (Phi) is 7.07. The molecule has 9 heteroatoms. The Balaban J connectivity index is 1.31. The molecule has 1 aromatic carbocycles. The molecule has 0 aliphatic heterocycles. The molecule has 0 fully saturated rings. The summed E-state index contributed by atoms with van der Waals surface area (Å²) in [6.07, 6.45) is 4.65. The second-order valence-corrected chi connectivity index (χ2v) is 12.2.